The summed E-state index contributed by atoms with van der Waals surface area (Å²) in [5.41, 5.74) is 3.17. The Morgan fingerprint density at radius 1 is 1.15 bits per heavy atom. The molecule has 2 aromatic carbocycles. The molecular formula is C31H36N2O7. The number of aromatic hydroxyl groups is 1. The summed E-state index contributed by atoms with van der Waals surface area (Å²) in [6.45, 7) is 3.60. The number of benzene rings is 2. The van der Waals surface area contributed by atoms with Gasteiger partial charge in [-0.25, -0.2) is 4.90 Å². The van der Waals surface area contributed by atoms with Crippen LogP contribution in [0, 0.1) is 27.9 Å². The van der Waals surface area contributed by atoms with E-state index in [0.717, 1.165) is 28.9 Å². The highest BCUT2D eigenvalue weighted by molar-refractivity contribution is 6.22. The van der Waals surface area contributed by atoms with Crippen LogP contribution in [0.2, 0.25) is 0 Å². The lowest BCUT2D eigenvalue weighted by Crippen LogP contribution is -2.39. The van der Waals surface area contributed by atoms with Gasteiger partial charge in [-0.1, -0.05) is 61.8 Å². The van der Waals surface area contributed by atoms with E-state index in [-0.39, 0.29) is 17.1 Å². The Kier molecular flexibility index (Phi) is 9.17. The van der Waals surface area contributed by atoms with Crippen molar-refractivity contribution in [2.45, 2.75) is 58.5 Å². The predicted molar refractivity (Wildman–Crippen MR) is 151 cm³/mol. The highest BCUT2D eigenvalue weighted by Crippen LogP contribution is 2.48. The van der Waals surface area contributed by atoms with Crippen LogP contribution in [0.25, 0.3) is 6.08 Å². The fraction of sp³-hybridized carbons (Fsp3) is 0.419. The maximum absolute atomic E-state index is 13.7. The number of non-ortho nitro benzene ring substituents is 1. The standard InChI is InChI=1S/C31H36N2O7/c1-3-8-21-16-24-29(31(38)32(30(24)37)22-10-7-11-23(17-22)33(39)40)25(18-34)28(21)27(36)14-13-19(4-2)15-20-9-5-6-12-26(20)35/h5-7,9-12,15,17,24-25,27,29,34-36H,3-4,8,13-14,16,18H2,1-2H3/b19-15+/t24-,25+,27-,29-/m1/s1. The topological polar surface area (TPSA) is 141 Å². The van der Waals surface area contributed by atoms with Crippen molar-refractivity contribution in [1.29, 1.82) is 0 Å². The van der Waals surface area contributed by atoms with Gasteiger partial charge in [0.15, 0.2) is 0 Å². The van der Waals surface area contributed by atoms with Crippen LogP contribution >= 0.6 is 0 Å². The molecule has 4 atom stereocenters. The van der Waals surface area contributed by atoms with Crippen LogP contribution in [-0.2, 0) is 9.59 Å². The number of hydrogen-bond donors (Lipinski definition) is 3. The quantitative estimate of drug-likeness (QED) is 0.153. The van der Waals surface area contributed by atoms with Crippen LogP contribution in [0.5, 0.6) is 5.75 Å². The summed E-state index contributed by atoms with van der Waals surface area (Å²) in [6, 6.07) is 12.5. The van der Waals surface area contributed by atoms with Crippen LogP contribution < -0.4 is 4.90 Å². The number of nitro benzene ring substituents is 1. The number of aliphatic hydroxyl groups excluding tert-OH is 2. The zero-order valence-electron chi connectivity index (χ0n) is 22.8. The van der Waals surface area contributed by atoms with Crippen molar-refractivity contribution in [3.05, 3.63) is 80.9 Å². The van der Waals surface area contributed by atoms with Crippen molar-refractivity contribution in [1.82, 2.24) is 0 Å². The molecule has 1 fully saturated rings. The summed E-state index contributed by atoms with van der Waals surface area (Å²) >= 11 is 0. The lowest BCUT2D eigenvalue weighted by Gasteiger charge is -2.36. The molecule has 9 heteroatoms. The van der Waals surface area contributed by atoms with E-state index in [2.05, 4.69) is 0 Å². The molecule has 0 bridgehead atoms. The molecule has 0 saturated carbocycles. The van der Waals surface area contributed by atoms with Gasteiger partial charge in [-0.2, -0.15) is 0 Å². The number of amides is 2. The van der Waals surface area contributed by atoms with Gasteiger partial charge < -0.3 is 15.3 Å². The van der Waals surface area contributed by atoms with Gasteiger partial charge in [0.25, 0.3) is 5.69 Å². The third-order valence-electron chi connectivity index (χ3n) is 8.08. The van der Waals surface area contributed by atoms with Gasteiger partial charge in [0, 0.05) is 23.6 Å². The van der Waals surface area contributed by atoms with Crippen molar-refractivity contribution in [2.75, 3.05) is 11.5 Å². The molecule has 9 nitrogen and oxygen atoms in total. The number of nitro groups is 1. The van der Waals surface area contributed by atoms with E-state index >= 15 is 0 Å². The first kappa shape index (κ1) is 29.2. The zero-order chi connectivity index (χ0) is 29.0. The fourth-order valence-corrected chi connectivity index (χ4v) is 6.16. The first-order valence-electron chi connectivity index (χ1n) is 13.8. The van der Waals surface area contributed by atoms with Crippen LogP contribution in [-0.4, -0.2) is 44.8 Å². The Bertz CT molecular complexity index is 1350. The molecule has 0 aromatic heterocycles. The average molecular weight is 549 g/mol. The van der Waals surface area contributed by atoms with Crippen molar-refractivity contribution in [3.8, 4) is 5.75 Å². The number of imide groups is 1. The van der Waals surface area contributed by atoms with Crippen LogP contribution in [0.4, 0.5) is 11.4 Å². The van der Waals surface area contributed by atoms with Gasteiger partial charge in [-0.15, -0.1) is 0 Å². The number of carbonyl (C=O) groups is 2. The van der Waals surface area contributed by atoms with Gasteiger partial charge >= 0.3 is 0 Å². The molecule has 2 aliphatic rings. The molecule has 2 aromatic rings. The molecule has 2 amide bonds. The number of fused-ring (bicyclic) bond motifs is 1. The smallest absolute Gasteiger partial charge is 0.271 e. The number of aliphatic hydroxyl groups is 2. The fourth-order valence-electron chi connectivity index (χ4n) is 6.16. The van der Waals surface area contributed by atoms with E-state index in [1.807, 2.05) is 32.1 Å². The Hall–Kier alpha value is -3.82. The Balaban J connectivity index is 1.62. The van der Waals surface area contributed by atoms with E-state index in [4.69, 9.17) is 0 Å². The van der Waals surface area contributed by atoms with Gasteiger partial charge in [0.2, 0.25) is 11.8 Å². The lowest BCUT2D eigenvalue weighted by molar-refractivity contribution is -0.384. The number of para-hydroxylation sites is 1. The third-order valence-corrected chi connectivity index (χ3v) is 8.08. The molecule has 212 valence electrons. The number of nitrogens with zero attached hydrogens (tertiary/aromatic N) is 2. The third kappa shape index (κ3) is 5.71. The lowest BCUT2D eigenvalue weighted by atomic mass is 9.67. The molecule has 4 rings (SSSR count). The first-order chi connectivity index (χ1) is 19.2. The Morgan fingerprint density at radius 3 is 2.55 bits per heavy atom. The maximum Gasteiger partial charge on any atom is 0.271 e. The summed E-state index contributed by atoms with van der Waals surface area (Å²) in [7, 11) is 0. The van der Waals surface area contributed by atoms with E-state index in [1.54, 1.807) is 12.1 Å². The van der Waals surface area contributed by atoms with Crippen molar-refractivity contribution < 1.29 is 29.8 Å². The second-order valence-corrected chi connectivity index (χ2v) is 10.5. The number of rotatable bonds is 11. The van der Waals surface area contributed by atoms with E-state index in [9.17, 15) is 35.0 Å². The summed E-state index contributed by atoms with van der Waals surface area (Å²) in [6.07, 6.45) is 4.32. The second kappa shape index (κ2) is 12.6. The molecule has 1 aliphatic carbocycles. The van der Waals surface area contributed by atoms with Crippen LogP contribution in [0.15, 0.2) is 65.3 Å². The zero-order valence-corrected chi connectivity index (χ0v) is 22.8. The largest absolute Gasteiger partial charge is 0.507 e. The summed E-state index contributed by atoms with van der Waals surface area (Å²) in [4.78, 5) is 38.9. The molecule has 1 saturated heterocycles. The number of phenols is 1. The number of carbonyl (C=O) groups excluding carboxylic acids is 2. The Labute approximate surface area is 233 Å². The highest BCUT2D eigenvalue weighted by Gasteiger charge is 2.55. The molecule has 40 heavy (non-hydrogen) atoms. The van der Waals surface area contributed by atoms with Crippen LogP contribution in [0.1, 0.15) is 57.9 Å². The molecule has 1 heterocycles. The van der Waals surface area contributed by atoms with Crippen LogP contribution in [0.3, 0.4) is 0 Å². The van der Waals surface area contributed by atoms with Gasteiger partial charge in [-0.05, 0) is 49.8 Å². The van der Waals surface area contributed by atoms with Gasteiger partial charge in [0.1, 0.15) is 5.75 Å². The van der Waals surface area contributed by atoms with Gasteiger partial charge in [-0.3, -0.25) is 19.7 Å². The number of phenolic OH excluding ortho intramolecular Hbond substituents is 1. The molecular weight excluding hydrogens is 512 g/mol. The predicted octanol–water partition coefficient (Wildman–Crippen LogP) is 5.15. The van der Waals surface area contributed by atoms with Gasteiger partial charge in [0.05, 0.1) is 35.2 Å². The van der Waals surface area contributed by atoms with E-state index < -0.39 is 47.2 Å². The minimum absolute atomic E-state index is 0.135. The monoisotopic (exact) mass is 548 g/mol. The minimum atomic E-state index is -0.922. The normalized spacial score (nSPS) is 22.1. The molecule has 1 aliphatic heterocycles. The summed E-state index contributed by atoms with van der Waals surface area (Å²) in [5.74, 6) is -3.06. The molecule has 3 N–H and O–H groups in total. The maximum atomic E-state index is 13.7. The van der Waals surface area contributed by atoms with Crippen molar-refractivity contribution >= 4 is 29.3 Å². The highest BCUT2D eigenvalue weighted by atomic mass is 16.6. The molecule has 0 radical (unpaired) electrons. The van der Waals surface area contributed by atoms with E-state index in [0.29, 0.717) is 36.8 Å². The Morgan fingerprint density at radius 2 is 1.90 bits per heavy atom. The molecule has 0 unspecified atom stereocenters. The molecule has 0 spiro atoms. The van der Waals surface area contributed by atoms with Crippen molar-refractivity contribution in [2.24, 2.45) is 17.8 Å². The SMILES string of the molecule is CCCC1=C([C@H](O)CC/C(=C/c2ccccc2O)CC)[C@H](CO)[C@@H]2C(=O)N(c3cccc([N+](=O)[O-])c3)C(=O)[C@@H]2C1. The number of allylic oxidation sites excluding steroid dienone is 2. The second-order valence-electron chi connectivity index (χ2n) is 10.5. The van der Waals surface area contributed by atoms with E-state index in [1.165, 1.54) is 24.3 Å². The van der Waals surface area contributed by atoms with Crippen molar-refractivity contribution in [3.63, 3.8) is 0 Å². The minimum Gasteiger partial charge on any atom is -0.507 e. The number of hydrogen-bond acceptors (Lipinski definition) is 7. The summed E-state index contributed by atoms with van der Waals surface area (Å²) < 4.78 is 0. The summed E-state index contributed by atoms with van der Waals surface area (Å²) in [5, 5.41) is 43.4. The number of anilines is 1. The average Bonchev–Trinajstić information content (AvgIpc) is 3.20. The first-order valence-corrected chi connectivity index (χ1v) is 13.8.